The summed E-state index contributed by atoms with van der Waals surface area (Å²) in [7, 11) is 0. The van der Waals surface area contributed by atoms with Crippen molar-refractivity contribution < 1.29 is 14.7 Å². The molecule has 0 bridgehead atoms. The van der Waals surface area contributed by atoms with Gasteiger partial charge >= 0.3 is 0 Å². The number of halogens is 1. The number of likely N-dealkylation sites (tertiary alicyclic amines) is 1. The van der Waals surface area contributed by atoms with Crippen LogP contribution in [0.1, 0.15) is 19.3 Å². The molecular weight excluding hydrogens is 342 g/mol. The number of aliphatic hydroxyl groups is 1. The molecule has 1 saturated heterocycles. The number of hydrogen-bond donors (Lipinski definition) is 2. The van der Waals surface area contributed by atoms with Crippen LogP contribution in [0, 0.1) is 0 Å². The van der Waals surface area contributed by atoms with E-state index in [4.69, 9.17) is 4.74 Å². The highest BCUT2D eigenvalue weighted by Crippen LogP contribution is 2.24. The van der Waals surface area contributed by atoms with Gasteiger partial charge in [0, 0.05) is 4.47 Å². The Morgan fingerprint density at radius 1 is 1.05 bits per heavy atom. The Kier molecular flexibility index (Phi) is 5.34. The largest absolute Gasteiger partial charge is 0.491 e. The van der Waals surface area contributed by atoms with Crippen molar-refractivity contribution in [3.8, 4) is 5.75 Å². The monoisotopic (exact) mass is 364 g/mol. The molecule has 3 rings (SSSR count). The van der Waals surface area contributed by atoms with Gasteiger partial charge in [0.2, 0.25) is 0 Å². The van der Waals surface area contributed by atoms with Gasteiger partial charge in [-0.05, 0) is 54.3 Å². The van der Waals surface area contributed by atoms with Crippen LogP contribution in [-0.4, -0.2) is 37.5 Å². The molecule has 22 heavy (non-hydrogen) atoms. The summed E-state index contributed by atoms with van der Waals surface area (Å²) in [5, 5.41) is 12.5. The van der Waals surface area contributed by atoms with Crippen LogP contribution in [0.25, 0.3) is 10.8 Å². The molecule has 2 N–H and O–H groups in total. The van der Waals surface area contributed by atoms with Crippen LogP contribution in [0.15, 0.2) is 40.9 Å². The minimum absolute atomic E-state index is 0.367. The Balaban J connectivity index is 1.55. The lowest BCUT2D eigenvalue weighted by atomic mass is 10.1. The van der Waals surface area contributed by atoms with E-state index in [2.05, 4.69) is 34.1 Å². The van der Waals surface area contributed by atoms with E-state index in [-0.39, 0.29) is 0 Å². The molecule has 3 nitrogen and oxygen atoms in total. The molecule has 1 fully saturated rings. The fourth-order valence-electron chi connectivity index (χ4n) is 3.12. The van der Waals surface area contributed by atoms with E-state index in [0.717, 1.165) is 22.2 Å². The van der Waals surface area contributed by atoms with Crippen LogP contribution in [0.4, 0.5) is 0 Å². The lowest BCUT2D eigenvalue weighted by Crippen LogP contribution is -3.14. The van der Waals surface area contributed by atoms with Gasteiger partial charge in [-0.25, -0.2) is 0 Å². The second-order valence-corrected chi connectivity index (χ2v) is 7.05. The molecule has 0 spiro atoms. The van der Waals surface area contributed by atoms with Crippen molar-refractivity contribution in [2.24, 2.45) is 0 Å². The Labute approximate surface area is 140 Å². The van der Waals surface area contributed by atoms with Crippen LogP contribution < -0.4 is 9.64 Å². The van der Waals surface area contributed by atoms with Crippen LogP contribution in [0.3, 0.4) is 0 Å². The zero-order valence-electron chi connectivity index (χ0n) is 12.7. The number of nitrogens with one attached hydrogen (secondary N) is 1. The molecule has 0 radical (unpaired) electrons. The summed E-state index contributed by atoms with van der Waals surface area (Å²) < 4.78 is 6.85. The van der Waals surface area contributed by atoms with Crippen LogP contribution in [0.2, 0.25) is 0 Å². The number of aliphatic hydroxyl groups excluding tert-OH is 1. The molecule has 0 aliphatic carbocycles. The van der Waals surface area contributed by atoms with Crippen molar-refractivity contribution in [1.82, 2.24) is 0 Å². The summed E-state index contributed by atoms with van der Waals surface area (Å²) in [6.07, 6.45) is 3.50. The maximum absolute atomic E-state index is 10.2. The lowest BCUT2D eigenvalue weighted by molar-refractivity contribution is -0.908. The molecule has 4 heteroatoms. The zero-order chi connectivity index (χ0) is 15.4. The van der Waals surface area contributed by atoms with Crippen molar-refractivity contribution >= 4 is 26.7 Å². The molecule has 0 unspecified atom stereocenters. The smallest absolute Gasteiger partial charge is 0.137 e. The topological polar surface area (TPSA) is 33.9 Å². The molecule has 1 aliphatic heterocycles. The van der Waals surface area contributed by atoms with Gasteiger partial charge in [-0.3, -0.25) is 0 Å². The highest BCUT2D eigenvalue weighted by atomic mass is 79.9. The third kappa shape index (κ3) is 4.22. The molecule has 118 valence electrons. The second-order valence-electron chi connectivity index (χ2n) is 6.13. The number of rotatable bonds is 5. The maximum atomic E-state index is 10.2. The zero-order valence-corrected chi connectivity index (χ0v) is 14.3. The van der Waals surface area contributed by atoms with Crippen molar-refractivity contribution in [2.75, 3.05) is 26.2 Å². The summed E-state index contributed by atoms with van der Waals surface area (Å²) in [4.78, 5) is 1.51. The van der Waals surface area contributed by atoms with E-state index in [1.807, 2.05) is 18.2 Å². The van der Waals surface area contributed by atoms with Gasteiger partial charge < -0.3 is 14.7 Å². The fourth-order valence-corrected chi connectivity index (χ4v) is 3.50. The minimum Gasteiger partial charge on any atom is -0.491 e. The summed E-state index contributed by atoms with van der Waals surface area (Å²) >= 11 is 3.48. The van der Waals surface area contributed by atoms with Gasteiger partial charge in [-0.1, -0.05) is 28.1 Å². The predicted molar refractivity (Wildman–Crippen MR) is 92.6 cm³/mol. The molecule has 2 aromatic rings. The molecule has 0 saturated carbocycles. The van der Waals surface area contributed by atoms with Gasteiger partial charge in [-0.2, -0.15) is 0 Å². The van der Waals surface area contributed by atoms with E-state index in [1.165, 1.54) is 42.6 Å². The Morgan fingerprint density at radius 3 is 2.59 bits per heavy atom. The third-order valence-electron chi connectivity index (χ3n) is 4.30. The first-order valence-electron chi connectivity index (χ1n) is 8.04. The van der Waals surface area contributed by atoms with E-state index in [1.54, 1.807) is 0 Å². The van der Waals surface area contributed by atoms with E-state index < -0.39 is 6.10 Å². The molecule has 0 amide bonds. The van der Waals surface area contributed by atoms with E-state index >= 15 is 0 Å². The SMILES string of the molecule is O[C@@H](COc1ccc2cc(Br)ccc2c1)C[NH+]1CCCCC1. The average molecular weight is 365 g/mol. The highest BCUT2D eigenvalue weighted by molar-refractivity contribution is 9.10. The predicted octanol–water partition coefficient (Wildman–Crippen LogP) is 2.41. The lowest BCUT2D eigenvalue weighted by Gasteiger charge is -2.25. The Bertz CT molecular complexity index is 626. The van der Waals surface area contributed by atoms with Crippen LogP contribution >= 0.6 is 15.9 Å². The van der Waals surface area contributed by atoms with E-state index in [9.17, 15) is 5.11 Å². The third-order valence-corrected chi connectivity index (χ3v) is 4.79. The summed E-state index contributed by atoms with van der Waals surface area (Å²) in [5.41, 5.74) is 0. The van der Waals surface area contributed by atoms with Gasteiger partial charge in [0.1, 0.15) is 25.0 Å². The number of piperidine rings is 1. The number of ether oxygens (including phenoxy) is 1. The van der Waals surface area contributed by atoms with Gasteiger partial charge in [-0.15, -0.1) is 0 Å². The van der Waals surface area contributed by atoms with Crippen molar-refractivity contribution in [1.29, 1.82) is 0 Å². The van der Waals surface area contributed by atoms with Crippen molar-refractivity contribution in [3.05, 3.63) is 40.9 Å². The summed E-state index contributed by atoms with van der Waals surface area (Å²) in [6.45, 7) is 3.52. The Morgan fingerprint density at radius 2 is 1.77 bits per heavy atom. The maximum Gasteiger partial charge on any atom is 0.137 e. The standard InChI is InChI=1S/C18H22BrNO2/c19-16-6-4-15-11-18(7-5-14(15)10-16)22-13-17(21)12-20-8-2-1-3-9-20/h4-7,10-11,17,21H,1-3,8-9,12-13H2/p+1/t17-/m1/s1. The first kappa shape index (κ1) is 15.8. The summed E-state index contributed by atoms with van der Waals surface area (Å²) in [6, 6.07) is 12.2. The first-order valence-corrected chi connectivity index (χ1v) is 8.84. The molecule has 1 aliphatic rings. The fraction of sp³-hybridized carbons (Fsp3) is 0.444. The van der Waals surface area contributed by atoms with Crippen LogP contribution in [-0.2, 0) is 0 Å². The Hall–Kier alpha value is -1.10. The number of fused-ring (bicyclic) bond motifs is 1. The first-order chi connectivity index (χ1) is 10.7. The minimum atomic E-state index is -0.395. The number of hydrogen-bond acceptors (Lipinski definition) is 2. The second kappa shape index (κ2) is 7.44. The van der Waals surface area contributed by atoms with Crippen molar-refractivity contribution in [3.63, 3.8) is 0 Å². The van der Waals surface area contributed by atoms with Gasteiger partial charge in [0.05, 0.1) is 13.1 Å². The highest BCUT2D eigenvalue weighted by Gasteiger charge is 2.18. The molecule has 1 atom stereocenters. The van der Waals surface area contributed by atoms with E-state index in [0.29, 0.717) is 6.61 Å². The molecule has 0 aromatic heterocycles. The van der Waals surface area contributed by atoms with Crippen LogP contribution in [0.5, 0.6) is 5.75 Å². The number of benzene rings is 2. The molecule has 2 aromatic carbocycles. The van der Waals surface area contributed by atoms with Gasteiger partial charge in [0.15, 0.2) is 0 Å². The van der Waals surface area contributed by atoms with Gasteiger partial charge in [0.25, 0.3) is 0 Å². The van der Waals surface area contributed by atoms with Crippen molar-refractivity contribution in [2.45, 2.75) is 25.4 Å². The normalized spacial score (nSPS) is 17.5. The molecular formula is C18H23BrNO2+. The molecule has 1 heterocycles. The number of quaternary nitrogens is 1. The quantitative estimate of drug-likeness (QED) is 0.854. The summed E-state index contributed by atoms with van der Waals surface area (Å²) in [5.74, 6) is 0.822. The average Bonchev–Trinajstić information content (AvgIpc) is 2.54.